The van der Waals surface area contributed by atoms with Crippen LogP contribution in [0.4, 0.5) is 0 Å². The first-order chi connectivity index (χ1) is 11.1. The fourth-order valence-electron chi connectivity index (χ4n) is 2.01. The van der Waals surface area contributed by atoms with E-state index >= 15 is 0 Å². The number of nitrogens with zero attached hydrogens (tertiary/aromatic N) is 3. The molecule has 0 aliphatic rings. The lowest BCUT2D eigenvalue weighted by molar-refractivity contribution is -0.120. The van der Waals surface area contributed by atoms with E-state index < -0.39 is 0 Å². The summed E-state index contributed by atoms with van der Waals surface area (Å²) in [7, 11) is 3.54. The van der Waals surface area contributed by atoms with Gasteiger partial charge < -0.3 is 14.6 Å². The molecule has 0 spiro atoms. The van der Waals surface area contributed by atoms with E-state index in [4.69, 9.17) is 4.74 Å². The predicted octanol–water partition coefficient (Wildman–Crippen LogP) is 1.65. The van der Waals surface area contributed by atoms with Crippen molar-refractivity contribution in [2.75, 3.05) is 20.3 Å². The molecular formula is C16H22N4O2S. The Morgan fingerprint density at radius 1 is 1.35 bits per heavy atom. The van der Waals surface area contributed by atoms with Gasteiger partial charge in [0, 0.05) is 27.1 Å². The number of amides is 1. The summed E-state index contributed by atoms with van der Waals surface area (Å²) < 4.78 is 6.86. The minimum absolute atomic E-state index is 0.0281. The number of thioether (sulfide) groups is 1. The van der Waals surface area contributed by atoms with Crippen LogP contribution in [0, 0.1) is 0 Å². The van der Waals surface area contributed by atoms with Crippen molar-refractivity contribution in [1.82, 2.24) is 20.1 Å². The maximum Gasteiger partial charge on any atom is 0.233 e. The summed E-state index contributed by atoms with van der Waals surface area (Å²) in [4.78, 5) is 12.0. The zero-order chi connectivity index (χ0) is 16.7. The molecule has 0 saturated carbocycles. The third-order valence-corrected chi connectivity index (χ3v) is 4.52. The third kappa shape index (κ3) is 5.07. The molecule has 6 nitrogen and oxygen atoms in total. The first-order valence-electron chi connectivity index (χ1n) is 7.47. The minimum Gasteiger partial charge on any atom is -0.383 e. The van der Waals surface area contributed by atoms with E-state index in [2.05, 4.69) is 27.6 Å². The average molecular weight is 334 g/mol. The van der Waals surface area contributed by atoms with Gasteiger partial charge in [-0.1, -0.05) is 42.1 Å². The zero-order valence-electron chi connectivity index (χ0n) is 13.7. The number of nitrogens with one attached hydrogen (secondary N) is 1. The van der Waals surface area contributed by atoms with Crippen LogP contribution in [0.5, 0.6) is 0 Å². The number of hydrogen-bond acceptors (Lipinski definition) is 5. The Kier molecular flexibility index (Phi) is 6.61. The van der Waals surface area contributed by atoms with Gasteiger partial charge in [0.1, 0.15) is 5.82 Å². The van der Waals surface area contributed by atoms with Crippen LogP contribution in [0.25, 0.3) is 0 Å². The number of methoxy groups -OCH3 is 1. The number of hydrogen-bond donors (Lipinski definition) is 1. The van der Waals surface area contributed by atoms with Crippen LogP contribution in [0.1, 0.15) is 18.3 Å². The van der Waals surface area contributed by atoms with Crippen LogP contribution in [-0.4, -0.2) is 46.2 Å². The molecule has 23 heavy (non-hydrogen) atoms. The standard InChI is InChI=1S/C16H22N4O2S/c1-12(15(21)17-9-10-22-3)23-16-19-18-14(20(16)2)11-13-7-5-4-6-8-13/h4-8,12H,9-11H2,1-3H3,(H,17,21)/t12-/m0/s1. The highest BCUT2D eigenvalue weighted by Gasteiger charge is 2.18. The highest BCUT2D eigenvalue weighted by atomic mass is 32.2. The number of aromatic nitrogens is 3. The van der Waals surface area contributed by atoms with Crippen LogP contribution in [0.15, 0.2) is 35.5 Å². The van der Waals surface area contributed by atoms with Crippen LogP contribution < -0.4 is 5.32 Å². The SMILES string of the molecule is COCCNC(=O)[C@H](C)Sc1nnc(Cc2ccccc2)n1C. The number of benzene rings is 1. The smallest absolute Gasteiger partial charge is 0.233 e. The topological polar surface area (TPSA) is 69.0 Å². The van der Waals surface area contributed by atoms with Crippen molar-refractivity contribution >= 4 is 17.7 Å². The highest BCUT2D eigenvalue weighted by molar-refractivity contribution is 8.00. The molecule has 1 N–H and O–H groups in total. The van der Waals surface area contributed by atoms with Crippen LogP contribution in [0.2, 0.25) is 0 Å². The maximum absolute atomic E-state index is 12.0. The van der Waals surface area contributed by atoms with Crippen LogP contribution in [-0.2, 0) is 23.0 Å². The van der Waals surface area contributed by atoms with Gasteiger partial charge in [-0.15, -0.1) is 10.2 Å². The van der Waals surface area contributed by atoms with E-state index in [1.54, 1.807) is 7.11 Å². The van der Waals surface area contributed by atoms with E-state index in [0.29, 0.717) is 13.2 Å². The summed E-state index contributed by atoms with van der Waals surface area (Å²) in [6.07, 6.45) is 0.722. The Morgan fingerprint density at radius 2 is 2.09 bits per heavy atom. The van der Waals surface area contributed by atoms with Gasteiger partial charge in [-0.2, -0.15) is 0 Å². The summed E-state index contributed by atoms with van der Waals surface area (Å²) in [5.41, 5.74) is 1.19. The number of carbonyl (C=O) groups excluding carboxylic acids is 1. The van der Waals surface area contributed by atoms with Gasteiger partial charge in [-0.05, 0) is 12.5 Å². The van der Waals surface area contributed by atoms with Crippen molar-refractivity contribution in [3.63, 3.8) is 0 Å². The Balaban J connectivity index is 1.95. The average Bonchev–Trinajstić information content (AvgIpc) is 2.89. The third-order valence-electron chi connectivity index (χ3n) is 3.39. The maximum atomic E-state index is 12.0. The minimum atomic E-state index is -0.237. The number of carbonyl (C=O) groups is 1. The van der Waals surface area contributed by atoms with Crippen molar-refractivity contribution < 1.29 is 9.53 Å². The predicted molar refractivity (Wildman–Crippen MR) is 90.5 cm³/mol. The second-order valence-electron chi connectivity index (χ2n) is 5.16. The summed E-state index contributed by atoms with van der Waals surface area (Å²) in [5, 5.41) is 11.8. The number of ether oxygens (including phenoxy) is 1. The summed E-state index contributed by atoms with van der Waals surface area (Å²) in [6, 6.07) is 10.1. The van der Waals surface area contributed by atoms with Crippen LogP contribution in [0.3, 0.4) is 0 Å². The molecule has 1 heterocycles. The van der Waals surface area contributed by atoms with E-state index in [1.807, 2.05) is 36.7 Å². The van der Waals surface area contributed by atoms with Crippen molar-refractivity contribution in [2.24, 2.45) is 7.05 Å². The van der Waals surface area contributed by atoms with Gasteiger partial charge in [0.2, 0.25) is 5.91 Å². The molecule has 0 unspecified atom stereocenters. The lowest BCUT2D eigenvalue weighted by Crippen LogP contribution is -2.33. The first kappa shape index (κ1) is 17.5. The van der Waals surface area contributed by atoms with Gasteiger partial charge >= 0.3 is 0 Å². The zero-order valence-corrected chi connectivity index (χ0v) is 14.5. The summed E-state index contributed by atoms with van der Waals surface area (Å²) in [6.45, 7) is 2.88. The Labute approximate surface area is 140 Å². The molecule has 0 aliphatic heterocycles. The van der Waals surface area contributed by atoms with E-state index in [9.17, 15) is 4.79 Å². The lowest BCUT2D eigenvalue weighted by atomic mass is 10.1. The second-order valence-corrected chi connectivity index (χ2v) is 6.47. The highest BCUT2D eigenvalue weighted by Crippen LogP contribution is 2.22. The van der Waals surface area contributed by atoms with Gasteiger partial charge in [0.15, 0.2) is 5.16 Å². The quantitative estimate of drug-likeness (QED) is 0.587. The van der Waals surface area contributed by atoms with Crippen molar-refractivity contribution in [1.29, 1.82) is 0 Å². The Hall–Kier alpha value is -1.86. The van der Waals surface area contributed by atoms with Gasteiger partial charge in [-0.25, -0.2) is 0 Å². The van der Waals surface area contributed by atoms with E-state index in [-0.39, 0.29) is 11.2 Å². The van der Waals surface area contributed by atoms with Gasteiger partial charge in [0.25, 0.3) is 0 Å². The molecule has 1 aromatic carbocycles. The molecule has 0 bridgehead atoms. The molecule has 7 heteroatoms. The monoisotopic (exact) mass is 334 g/mol. The van der Waals surface area contributed by atoms with Crippen molar-refractivity contribution in [3.8, 4) is 0 Å². The molecule has 0 fully saturated rings. The van der Waals surface area contributed by atoms with Crippen molar-refractivity contribution in [3.05, 3.63) is 41.7 Å². The molecule has 0 radical (unpaired) electrons. The molecule has 2 aromatic rings. The lowest BCUT2D eigenvalue weighted by Gasteiger charge is -2.11. The molecule has 1 amide bonds. The normalized spacial score (nSPS) is 12.1. The van der Waals surface area contributed by atoms with E-state index in [1.165, 1.54) is 17.3 Å². The molecular weight excluding hydrogens is 312 g/mol. The van der Waals surface area contributed by atoms with Crippen molar-refractivity contribution in [2.45, 2.75) is 23.8 Å². The van der Waals surface area contributed by atoms with Gasteiger partial charge in [-0.3, -0.25) is 4.79 Å². The molecule has 2 rings (SSSR count). The largest absolute Gasteiger partial charge is 0.383 e. The molecule has 1 atom stereocenters. The van der Waals surface area contributed by atoms with Crippen LogP contribution >= 0.6 is 11.8 Å². The fourth-order valence-corrected chi connectivity index (χ4v) is 2.87. The Bertz CT molecular complexity index is 630. The van der Waals surface area contributed by atoms with Gasteiger partial charge in [0.05, 0.1) is 11.9 Å². The summed E-state index contributed by atoms with van der Waals surface area (Å²) in [5.74, 6) is 0.852. The fraction of sp³-hybridized carbons (Fsp3) is 0.438. The molecule has 1 aromatic heterocycles. The van der Waals surface area contributed by atoms with E-state index in [0.717, 1.165) is 17.4 Å². The molecule has 0 saturated heterocycles. The second kappa shape index (κ2) is 8.69. The Morgan fingerprint density at radius 3 is 2.78 bits per heavy atom. The first-order valence-corrected chi connectivity index (χ1v) is 8.35. The molecule has 124 valence electrons. The summed E-state index contributed by atoms with van der Waals surface area (Å²) >= 11 is 1.40. The number of rotatable bonds is 8. The molecule has 0 aliphatic carbocycles.